The number of hydrogen-bond donors (Lipinski definition) is 4. The molecule has 0 aromatic carbocycles. The molecule has 0 fully saturated rings. The molecule has 8 nitrogen and oxygen atoms in total. The van der Waals surface area contributed by atoms with E-state index in [0.717, 1.165) is 0 Å². The minimum absolute atomic E-state index is 0.00275. The highest BCUT2D eigenvalue weighted by Gasteiger charge is 2.18. The van der Waals surface area contributed by atoms with Crippen molar-refractivity contribution in [3.8, 4) is 0 Å². The number of anilines is 1. The molecular weight excluding hydrogens is 326 g/mol. The maximum Gasteiger partial charge on any atom is 0.312 e. The summed E-state index contributed by atoms with van der Waals surface area (Å²) in [4.78, 5) is 14.0. The molecule has 0 bridgehead atoms. The van der Waals surface area contributed by atoms with Gasteiger partial charge in [0.25, 0.3) is 0 Å². The lowest BCUT2D eigenvalue weighted by Crippen LogP contribution is -2.37. The van der Waals surface area contributed by atoms with Crippen LogP contribution in [0.25, 0.3) is 0 Å². The van der Waals surface area contributed by atoms with Crippen LogP contribution >= 0.6 is 15.9 Å². The molecule has 1 aromatic rings. The summed E-state index contributed by atoms with van der Waals surface area (Å²) in [5.74, 6) is -0.103. The number of amides is 2. The molecular formula is C8H12BrN5O3S. The molecule has 0 saturated carbocycles. The summed E-state index contributed by atoms with van der Waals surface area (Å²) in [6, 6.07) is 0.615. The Kier molecular flexibility index (Phi) is 4.87. The van der Waals surface area contributed by atoms with Crippen molar-refractivity contribution in [1.29, 1.82) is 0 Å². The van der Waals surface area contributed by atoms with E-state index in [1.807, 2.05) is 0 Å². The normalized spacial score (nSPS) is 11.2. The number of nitrogens with one attached hydrogen (secondary N) is 2. The van der Waals surface area contributed by atoms with Gasteiger partial charge in [-0.1, -0.05) is 0 Å². The van der Waals surface area contributed by atoms with Crippen molar-refractivity contribution in [3.63, 3.8) is 0 Å². The molecule has 10 heteroatoms. The lowest BCUT2D eigenvalue weighted by molar-refractivity contribution is 0.249. The first-order valence-electron chi connectivity index (χ1n) is 4.77. The van der Waals surface area contributed by atoms with Gasteiger partial charge in [-0.2, -0.15) is 0 Å². The summed E-state index contributed by atoms with van der Waals surface area (Å²) in [7, 11) is -3.77. The second kappa shape index (κ2) is 5.98. The summed E-state index contributed by atoms with van der Waals surface area (Å²) >= 11 is 3.11. The van der Waals surface area contributed by atoms with Gasteiger partial charge in [0.2, 0.25) is 10.0 Å². The van der Waals surface area contributed by atoms with Crippen LogP contribution in [-0.4, -0.2) is 32.5 Å². The average Bonchev–Trinajstić information content (AvgIpc) is 2.27. The van der Waals surface area contributed by atoms with Crippen molar-refractivity contribution in [1.82, 2.24) is 15.0 Å². The second-order valence-electron chi connectivity index (χ2n) is 3.23. The second-order valence-corrected chi connectivity index (χ2v) is 5.88. The fourth-order valence-electron chi connectivity index (χ4n) is 1.10. The van der Waals surface area contributed by atoms with Gasteiger partial charge in [-0.15, -0.1) is 0 Å². The molecule has 1 heterocycles. The first-order chi connectivity index (χ1) is 8.33. The van der Waals surface area contributed by atoms with E-state index in [2.05, 4.69) is 31.0 Å². The number of pyridine rings is 1. The van der Waals surface area contributed by atoms with Crippen molar-refractivity contribution in [2.45, 2.75) is 4.90 Å². The lowest BCUT2D eigenvalue weighted by Gasteiger charge is -2.08. The van der Waals surface area contributed by atoms with E-state index in [1.54, 1.807) is 0 Å². The Morgan fingerprint density at radius 1 is 1.44 bits per heavy atom. The standard InChI is InChI=1S/C8H12BrN5O3S/c9-5-3-6(7(10)13-4-5)18(16,17)14-2-1-12-8(11)15/h3-4,14H,1-2H2,(H2,10,13)(H3,11,12,15). The van der Waals surface area contributed by atoms with Crippen molar-refractivity contribution in [3.05, 3.63) is 16.7 Å². The third kappa shape index (κ3) is 4.13. The van der Waals surface area contributed by atoms with Gasteiger partial charge in [0, 0.05) is 23.8 Å². The van der Waals surface area contributed by atoms with Gasteiger partial charge < -0.3 is 16.8 Å². The van der Waals surface area contributed by atoms with E-state index in [1.165, 1.54) is 12.3 Å². The molecule has 0 radical (unpaired) electrons. The summed E-state index contributed by atoms with van der Waals surface area (Å²) in [6.07, 6.45) is 1.39. The number of halogens is 1. The molecule has 0 aliphatic rings. The van der Waals surface area contributed by atoms with Crippen molar-refractivity contribution in [2.75, 3.05) is 18.8 Å². The van der Waals surface area contributed by atoms with Gasteiger partial charge in [0.1, 0.15) is 10.7 Å². The Hall–Kier alpha value is -1.39. The van der Waals surface area contributed by atoms with E-state index < -0.39 is 16.1 Å². The van der Waals surface area contributed by atoms with Crippen molar-refractivity contribution < 1.29 is 13.2 Å². The number of nitrogens with two attached hydrogens (primary N) is 2. The number of sulfonamides is 1. The number of carbonyl (C=O) groups is 1. The lowest BCUT2D eigenvalue weighted by atomic mass is 10.5. The smallest absolute Gasteiger partial charge is 0.312 e. The Morgan fingerprint density at radius 3 is 2.72 bits per heavy atom. The SMILES string of the molecule is NC(=O)NCCNS(=O)(=O)c1cc(Br)cnc1N. The molecule has 0 spiro atoms. The fraction of sp³-hybridized carbons (Fsp3) is 0.250. The molecule has 18 heavy (non-hydrogen) atoms. The zero-order chi connectivity index (χ0) is 13.8. The Morgan fingerprint density at radius 2 is 2.11 bits per heavy atom. The zero-order valence-electron chi connectivity index (χ0n) is 9.18. The maximum absolute atomic E-state index is 11.9. The highest BCUT2D eigenvalue weighted by molar-refractivity contribution is 9.10. The van der Waals surface area contributed by atoms with Gasteiger partial charge >= 0.3 is 6.03 Å². The van der Waals surface area contributed by atoms with Crippen molar-refractivity contribution >= 4 is 37.8 Å². The topological polar surface area (TPSA) is 140 Å². The molecule has 0 aliphatic heterocycles. The van der Waals surface area contributed by atoms with E-state index >= 15 is 0 Å². The molecule has 6 N–H and O–H groups in total. The Balaban J connectivity index is 2.74. The average molecular weight is 338 g/mol. The predicted molar refractivity (Wildman–Crippen MR) is 69.1 cm³/mol. The van der Waals surface area contributed by atoms with Crippen molar-refractivity contribution in [2.24, 2.45) is 5.73 Å². The molecule has 0 atom stereocenters. The van der Waals surface area contributed by atoms with E-state index in [9.17, 15) is 13.2 Å². The van der Waals surface area contributed by atoms with Gasteiger partial charge in [0.15, 0.2) is 0 Å². The predicted octanol–water partition coefficient (Wildman–Crippen LogP) is -0.627. The quantitative estimate of drug-likeness (QED) is 0.529. The Bertz CT molecular complexity index is 548. The largest absolute Gasteiger partial charge is 0.383 e. The van der Waals surface area contributed by atoms with Crippen LogP contribution in [0.1, 0.15) is 0 Å². The van der Waals surface area contributed by atoms with Crippen LogP contribution in [0.2, 0.25) is 0 Å². The Labute approximate surface area is 112 Å². The molecule has 0 saturated heterocycles. The van der Waals surface area contributed by atoms with E-state index in [4.69, 9.17) is 11.5 Å². The fourth-order valence-corrected chi connectivity index (χ4v) is 2.71. The first kappa shape index (κ1) is 14.7. The number of hydrogen-bond acceptors (Lipinski definition) is 5. The van der Waals surface area contributed by atoms with E-state index in [-0.39, 0.29) is 23.8 Å². The zero-order valence-corrected chi connectivity index (χ0v) is 11.6. The number of carbonyl (C=O) groups excluding carboxylic acids is 1. The minimum atomic E-state index is -3.77. The van der Waals surface area contributed by atoms with Crippen LogP contribution < -0.4 is 21.5 Å². The summed E-state index contributed by atoms with van der Waals surface area (Å²) in [6.45, 7) is 0.0765. The van der Waals surface area contributed by atoms with Gasteiger partial charge in [0.05, 0.1) is 0 Å². The first-order valence-corrected chi connectivity index (χ1v) is 7.04. The molecule has 1 rings (SSSR count). The van der Waals surface area contributed by atoms with E-state index in [0.29, 0.717) is 4.47 Å². The molecule has 2 amide bonds. The number of urea groups is 1. The molecule has 0 aliphatic carbocycles. The maximum atomic E-state index is 11.9. The van der Waals surface area contributed by atoms with Crippen LogP contribution in [0.4, 0.5) is 10.6 Å². The molecule has 100 valence electrons. The number of aromatic nitrogens is 1. The molecule has 0 unspecified atom stereocenters. The van der Waals surface area contributed by atoms with Crippen LogP contribution in [0.3, 0.4) is 0 Å². The summed E-state index contributed by atoms with van der Waals surface area (Å²) < 4.78 is 26.5. The monoisotopic (exact) mass is 337 g/mol. The highest BCUT2D eigenvalue weighted by Crippen LogP contribution is 2.19. The molecule has 1 aromatic heterocycles. The van der Waals surface area contributed by atoms with Crippen LogP contribution in [0.15, 0.2) is 21.6 Å². The minimum Gasteiger partial charge on any atom is -0.383 e. The van der Waals surface area contributed by atoms with Gasteiger partial charge in [-0.3, -0.25) is 0 Å². The van der Waals surface area contributed by atoms with Gasteiger partial charge in [-0.25, -0.2) is 22.9 Å². The summed E-state index contributed by atoms with van der Waals surface area (Å²) in [5, 5.41) is 2.25. The third-order valence-electron chi connectivity index (χ3n) is 1.85. The van der Waals surface area contributed by atoms with Crippen LogP contribution in [0, 0.1) is 0 Å². The number of nitrogens with zero attached hydrogens (tertiary/aromatic N) is 1. The number of nitrogen functional groups attached to an aromatic ring is 1. The van der Waals surface area contributed by atoms with Crippen LogP contribution in [-0.2, 0) is 10.0 Å². The summed E-state index contributed by atoms with van der Waals surface area (Å²) in [5.41, 5.74) is 10.3. The van der Waals surface area contributed by atoms with Gasteiger partial charge in [-0.05, 0) is 22.0 Å². The highest BCUT2D eigenvalue weighted by atomic mass is 79.9. The third-order valence-corrected chi connectivity index (χ3v) is 3.78. The number of rotatable bonds is 5. The van der Waals surface area contributed by atoms with Crippen LogP contribution in [0.5, 0.6) is 0 Å². The number of primary amides is 1.